The van der Waals surface area contributed by atoms with Gasteiger partial charge in [-0.15, -0.1) is 0 Å². The van der Waals surface area contributed by atoms with E-state index in [1.165, 1.54) is 12.1 Å². The average molecular weight is 280 g/mol. The SMILES string of the molecule is Cc1nc2ccccc2cc1C(=O)Nc1cccc(F)c1. The fourth-order valence-electron chi connectivity index (χ4n) is 2.21. The minimum atomic E-state index is -0.388. The summed E-state index contributed by atoms with van der Waals surface area (Å²) in [5.74, 6) is -0.683. The van der Waals surface area contributed by atoms with Gasteiger partial charge in [-0.3, -0.25) is 9.78 Å². The highest BCUT2D eigenvalue weighted by Gasteiger charge is 2.12. The Labute approximate surface area is 121 Å². The summed E-state index contributed by atoms with van der Waals surface area (Å²) in [4.78, 5) is 16.7. The standard InChI is InChI=1S/C17H13FN2O/c1-11-15(9-12-5-2-3-8-16(12)19-11)17(21)20-14-7-4-6-13(18)10-14/h2-10H,1H3,(H,20,21). The van der Waals surface area contributed by atoms with Gasteiger partial charge in [-0.2, -0.15) is 0 Å². The molecular formula is C17H13FN2O. The van der Waals surface area contributed by atoms with Crippen molar-refractivity contribution in [1.29, 1.82) is 0 Å². The molecule has 0 aliphatic heterocycles. The first kappa shape index (κ1) is 13.2. The second kappa shape index (κ2) is 5.32. The number of hydrogen-bond donors (Lipinski definition) is 1. The van der Waals surface area contributed by atoms with Crippen LogP contribution in [0.15, 0.2) is 54.6 Å². The van der Waals surface area contributed by atoms with Crippen LogP contribution in [0.4, 0.5) is 10.1 Å². The molecule has 104 valence electrons. The van der Waals surface area contributed by atoms with Crippen LogP contribution < -0.4 is 5.32 Å². The summed E-state index contributed by atoms with van der Waals surface area (Å²) in [7, 11) is 0. The van der Waals surface area contributed by atoms with Crippen LogP contribution in [0.3, 0.4) is 0 Å². The van der Waals surface area contributed by atoms with E-state index in [2.05, 4.69) is 10.3 Å². The summed E-state index contributed by atoms with van der Waals surface area (Å²) < 4.78 is 13.1. The van der Waals surface area contributed by atoms with E-state index in [4.69, 9.17) is 0 Å². The van der Waals surface area contributed by atoms with Gasteiger partial charge in [0.05, 0.1) is 16.8 Å². The highest BCUT2D eigenvalue weighted by molar-refractivity contribution is 6.06. The summed E-state index contributed by atoms with van der Waals surface area (Å²) in [6.07, 6.45) is 0. The molecule has 1 heterocycles. The zero-order valence-corrected chi connectivity index (χ0v) is 11.4. The topological polar surface area (TPSA) is 42.0 Å². The Balaban J connectivity index is 1.96. The molecule has 0 unspecified atom stereocenters. The molecule has 0 fully saturated rings. The van der Waals surface area contributed by atoms with Crippen molar-refractivity contribution in [1.82, 2.24) is 4.98 Å². The number of halogens is 1. The molecule has 2 aromatic carbocycles. The molecule has 1 amide bonds. The molecule has 3 rings (SSSR count). The number of carbonyl (C=O) groups excluding carboxylic acids is 1. The van der Waals surface area contributed by atoms with E-state index >= 15 is 0 Å². The van der Waals surface area contributed by atoms with Crippen molar-refractivity contribution in [3.05, 3.63) is 71.7 Å². The highest BCUT2D eigenvalue weighted by Crippen LogP contribution is 2.18. The van der Waals surface area contributed by atoms with Crippen LogP contribution >= 0.6 is 0 Å². The lowest BCUT2D eigenvalue weighted by Gasteiger charge is -2.09. The number of carbonyl (C=O) groups is 1. The predicted octanol–water partition coefficient (Wildman–Crippen LogP) is 3.93. The van der Waals surface area contributed by atoms with Gasteiger partial charge in [0, 0.05) is 11.1 Å². The number of rotatable bonds is 2. The van der Waals surface area contributed by atoms with Crippen molar-refractivity contribution in [3.8, 4) is 0 Å². The first-order valence-electron chi connectivity index (χ1n) is 6.57. The number of anilines is 1. The van der Waals surface area contributed by atoms with E-state index in [9.17, 15) is 9.18 Å². The number of pyridine rings is 1. The third-order valence-electron chi connectivity index (χ3n) is 3.24. The van der Waals surface area contributed by atoms with Gasteiger partial charge in [-0.25, -0.2) is 4.39 Å². The molecule has 0 radical (unpaired) electrons. The Hall–Kier alpha value is -2.75. The monoisotopic (exact) mass is 280 g/mol. The molecule has 1 N–H and O–H groups in total. The average Bonchev–Trinajstić information content (AvgIpc) is 2.46. The van der Waals surface area contributed by atoms with Crippen LogP contribution in [-0.2, 0) is 0 Å². The molecule has 3 nitrogen and oxygen atoms in total. The Kier molecular flexibility index (Phi) is 3.36. The van der Waals surface area contributed by atoms with Gasteiger partial charge < -0.3 is 5.32 Å². The lowest BCUT2D eigenvalue weighted by Crippen LogP contribution is -2.14. The zero-order chi connectivity index (χ0) is 14.8. The Morgan fingerprint density at radius 2 is 1.90 bits per heavy atom. The Morgan fingerprint density at radius 1 is 1.10 bits per heavy atom. The second-order valence-corrected chi connectivity index (χ2v) is 4.78. The zero-order valence-electron chi connectivity index (χ0n) is 11.4. The number of para-hydroxylation sites is 1. The van der Waals surface area contributed by atoms with E-state index in [1.807, 2.05) is 24.3 Å². The van der Waals surface area contributed by atoms with Crippen LogP contribution in [-0.4, -0.2) is 10.9 Å². The molecule has 0 saturated heterocycles. The maximum atomic E-state index is 13.1. The molecule has 1 aromatic heterocycles. The molecule has 0 atom stereocenters. The molecule has 3 aromatic rings. The van der Waals surface area contributed by atoms with Crippen LogP contribution in [0.2, 0.25) is 0 Å². The van der Waals surface area contributed by atoms with Crippen LogP contribution in [0, 0.1) is 12.7 Å². The first-order chi connectivity index (χ1) is 10.1. The van der Waals surface area contributed by atoms with Crippen LogP contribution in [0.1, 0.15) is 16.1 Å². The molecule has 4 heteroatoms. The third-order valence-corrected chi connectivity index (χ3v) is 3.24. The quantitative estimate of drug-likeness (QED) is 0.772. The molecule has 0 aliphatic carbocycles. The smallest absolute Gasteiger partial charge is 0.257 e. The van der Waals surface area contributed by atoms with Crippen molar-refractivity contribution < 1.29 is 9.18 Å². The molecule has 0 spiro atoms. The number of nitrogens with one attached hydrogen (secondary N) is 1. The normalized spacial score (nSPS) is 10.6. The fraction of sp³-hybridized carbons (Fsp3) is 0.0588. The van der Waals surface area contributed by atoms with Gasteiger partial charge in [0.15, 0.2) is 0 Å². The maximum Gasteiger partial charge on any atom is 0.257 e. The first-order valence-corrected chi connectivity index (χ1v) is 6.57. The van der Waals surface area contributed by atoms with E-state index in [0.717, 1.165) is 10.9 Å². The number of amides is 1. The molecule has 0 bridgehead atoms. The number of fused-ring (bicyclic) bond motifs is 1. The van der Waals surface area contributed by atoms with Gasteiger partial charge in [-0.05, 0) is 37.3 Å². The maximum absolute atomic E-state index is 13.1. The van der Waals surface area contributed by atoms with Gasteiger partial charge in [0.1, 0.15) is 5.82 Å². The van der Waals surface area contributed by atoms with Crippen molar-refractivity contribution in [2.45, 2.75) is 6.92 Å². The Morgan fingerprint density at radius 3 is 2.71 bits per heavy atom. The lowest BCUT2D eigenvalue weighted by atomic mass is 10.1. The number of benzene rings is 2. The fourth-order valence-corrected chi connectivity index (χ4v) is 2.21. The molecule has 0 aliphatic rings. The lowest BCUT2D eigenvalue weighted by molar-refractivity contribution is 0.102. The summed E-state index contributed by atoms with van der Waals surface area (Å²) >= 11 is 0. The molecular weight excluding hydrogens is 267 g/mol. The number of aryl methyl sites for hydroxylation is 1. The minimum Gasteiger partial charge on any atom is -0.322 e. The number of nitrogens with zero attached hydrogens (tertiary/aromatic N) is 1. The summed E-state index contributed by atoms with van der Waals surface area (Å²) in [5, 5.41) is 3.58. The largest absolute Gasteiger partial charge is 0.322 e. The van der Waals surface area contributed by atoms with Crippen LogP contribution in [0.25, 0.3) is 10.9 Å². The highest BCUT2D eigenvalue weighted by atomic mass is 19.1. The van der Waals surface area contributed by atoms with E-state index < -0.39 is 0 Å². The minimum absolute atomic E-state index is 0.295. The van der Waals surface area contributed by atoms with Crippen molar-refractivity contribution in [2.24, 2.45) is 0 Å². The van der Waals surface area contributed by atoms with Gasteiger partial charge in [0.2, 0.25) is 0 Å². The van der Waals surface area contributed by atoms with Crippen molar-refractivity contribution in [3.63, 3.8) is 0 Å². The van der Waals surface area contributed by atoms with Gasteiger partial charge in [-0.1, -0.05) is 24.3 Å². The number of aromatic nitrogens is 1. The summed E-state index contributed by atoms with van der Waals surface area (Å²) in [6, 6.07) is 15.2. The predicted molar refractivity (Wildman–Crippen MR) is 80.8 cm³/mol. The Bertz CT molecular complexity index is 830. The molecule has 0 saturated carbocycles. The van der Waals surface area contributed by atoms with E-state index in [1.54, 1.807) is 25.1 Å². The van der Waals surface area contributed by atoms with Crippen molar-refractivity contribution in [2.75, 3.05) is 5.32 Å². The third kappa shape index (κ3) is 2.74. The van der Waals surface area contributed by atoms with Crippen LogP contribution in [0.5, 0.6) is 0 Å². The number of hydrogen-bond acceptors (Lipinski definition) is 2. The van der Waals surface area contributed by atoms with Gasteiger partial charge in [0.25, 0.3) is 5.91 Å². The summed E-state index contributed by atoms with van der Waals surface area (Å²) in [5.41, 5.74) is 2.39. The van der Waals surface area contributed by atoms with E-state index in [-0.39, 0.29) is 11.7 Å². The van der Waals surface area contributed by atoms with Crippen molar-refractivity contribution >= 4 is 22.5 Å². The molecule has 21 heavy (non-hydrogen) atoms. The van der Waals surface area contributed by atoms with E-state index in [0.29, 0.717) is 16.9 Å². The summed E-state index contributed by atoms with van der Waals surface area (Å²) in [6.45, 7) is 1.78. The van der Waals surface area contributed by atoms with Gasteiger partial charge >= 0.3 is 0 Å². The second-order valence-electron chi connectivity index (χ2n) is 4.78.